The number of hydrogen-bond acceptors (Lipinski definition) is 0. The van der Waals surface area contributed by atoms with Crippen LogP contribution in [0.4, 0.5) is 0 Å². The summed E-state index contributed by atoms with van der Waals surface area (Å²) in [5.74, 6) is 0. The molecule has 0 bridgehead atoms. The summed E-state index contributed by atoms with van der Waals surface area (Å²) in [6, 6.07) is 23.6. The van der Waals surface area contributed by atoms with E-state index in [-0.39, 0.29) is 5.41 Å². The molecule has 112 valence electrons. The molecule has 0 radical (unpaired) electrons. The Labute approximate surface area is 133 Å². The summed E-state index contributed by atoms with van der Waals surface area (Å²) >= 11 is 0. The highest BCUT2D eigenvalue weighted by Gasteiger charge is 2.23. The van der Waals surface area contributed by atoms with Crippen LogP contribution in [0.3, 0.4) is 0 Å². The largest absolute Gasteiger partial charge is 0.314 e. The van der Waals surface area contributed by atoms with Crippen LogP contribution in [0, 0.1) is 6.92 Å². The Morgan fingerprint density at radius 1 is 0.773 bits per heavy atom. The highest BCUT2D eigenvalue weighted by Crippen LogP contribution is 2.35. The summed E-state index contributed by atoms with van der Waals surface area (Å²) in [7, 11) is 0. The summed E-state index contributed by atoms with van der Waals surface area (Å²) in [4.78, 5) is 0. The minimum atomic E-state index is 0.133. The maximum atomic E-state index is 2.37. The van der Waals surface area contributed by atoms with Crippen LogP contribution in [0.5, 0.6) is 0 Å². The van der Waals surface area contributed by atoms with Gasteiger partial charge >= 0.3 is 0 Å². The predicted octanol–water partition coefficient (Wildman–Crippen LogP) is 5.75. The number of rotatable bonds is 2. The fourth-order valence-corrected chi connectivity index (χ4v) is 3.10. The second-order valence-corrected chi connectivity index (χ2v) is 6.82. The van der Waals surface area contributed by atoms with E-state index in [1.165, 1.54) is 28.2 Å². The topological polar surface area (TPSA) is 4.93 Å². The first-order chi connectivity index (χ1) is 10.5. The Morgan fingerprint density at radius 3 is 1.86 bits per heavy atom. The number of hydrogen-bond donors (Lipinski definition) is 0. The molecule has 0 spiro atoms. The molecule has 0 atom stereocenters. The van der Waals surface area contributed by atoms with E-state index in [1.807, 2.05) is 0 Å². The molecule has 0 N–H and O–H groups in total. The molecule has 0 amide bonds. The van der Waals surface area contributed by atoms with Gasteiger partial charge in [-0.2, -0.15) is 0 Å². The zero-order valence-corrected chi connectivity index (χ0v) is 13.8. The van der Waals surface area contributed by atoms with Gasteiger partial charge in [0.2, 0.25) is 0 Å². The van der Waals surface area contributed by atoms with E-state index in [1.54, 1.807) is 0 Å². The fraction of sp³-hybridized carbons (Fsp3) is 0.238. The molecule has 0 aliphatic heterocycles. The minimum absolute atomic E-state index is 0.133. The number of benzene rings is 2. The average molecular weight is 289 g/mol. The molecule has 0 saturated heterocycles. The van der Waals surface area contributed by atoms with Crippen molar-refractivity contribution in [3.05, 3.63) is 78.0 Å². The molecule has 0 saturated carbocycles. The number of nitrogens with zero attached hydrogens (tertiary/aromatic N) is 1. The Bertz CT molecular complexity index is 759. The van der Waals surface area contributed by atoms with Gasteiger partial charge in [-0.15, -0.1) is 0 Å². The molecule has 3 rings (SSSR count). The van der Waals surface area contributed by atoms with Crippen LogP contribution in [0.1, 0.15) is 32.0 Å². The molecule has 1 aromatic heterocycles. The van der Waals surface area contributed by atoms with Crippen molar-refractivity contribution in [1.29, 1.82) is 0 Å². The summed E-state index contributed by atoms with van der Waals surface area (Å²) < 4.78 is 2.37. The summed E-state index contributed by atoms with van der Waals surface area (Å²) in [5.41, 5.74) is 6.58. The lowest BCUT2D eigenvalue weighted by atomic mass is 9.87. The van der Waals surface area contributed by atoms with E-state index in [2.05, 4.69) is 99.0 Å². The van der Waals surface area contributed by atoms with E-state index in [9.17, 15) is 0 Å². The smallest absolute Gasteiger partial charge is 0.0534 e. The molecule has 2 aromatic carbocycles. The van der Waals surface area contributed by atoms with Crippen molar-refractivity contribution in [2.24, 2.45) is 0 Å². The van der Waals surface area contributed by atoms with E-state index in [0.717, 1.165) is 0 Å². The van der Waals surface area contributed by atoms with Crippen molar-refractivity contribution in [3.8, 4) is 16.9 Å². The third kappa shape index (κ3) is 2.59. The standard InChI is InChI=1S/C21H23N/c1-16-19(21(2,3)4)15-20(17-11-7-5-8-12-17)22(16)18-13-9-6-10-14-18/h5-15H,1-4H3. The first-order valence-corrected chi connectivity index (χ1v) is 7.82. The van der Waals surface area contributed by atoms with Crippen molar-refractivity contribution in [2.75, 3.05) is 0 Å². The summed E-state index contributed by atoms with van der Waals surface area (Å²) in [5, 5.41) is 0. The zero-order chi connectivity index (χ0) is 15.7. The van der Waals surface area contributed by atoms with Crippen molar-refractivity contribution in [3.63, 3.8) is 0 Å². The molecular formula is C21H23N. The van der Waals surface area contributed by atoms with Gasteiger partial charge in [0.15, 0.2) is 0 Å². The van der Waals surface area contributed by atoms with Crippen molar-refractivity contribution in [2.45, 2.75) is 33.1 Å². The fourth-order valence-electron chi connectivity index (χ4n) is 3.10. The van der Waals surface area contributed by atoms with Crippen LogP contribution in [0.15, 0.2) is 66.7 Å². The average Bonchev–Trinajstić information content (AvgIpc) is 2.86. The molecule has 3 aromatic rings. The maximum Gasteiger partial charge on any atom is 0.0534 e. The first-order valence-electron chi connectivity index (χ1n) is 7.82. The van der Waals surface area contributed by atoms with Gasteiger partial charge in [-0.25, -0.2) is 0 Å². The zero-order valence-electron chi connectivity index (χ0n) is 13.8. The maximum absolute atomic E-state index is 2.37. The SMILES string of the molecule is Cc1c(C(C)(C)C)cc(-c2ccccc2)n1-c1ccccc1. The minimum Gasteiger partial charge on any atom is -0.314 e. The van der Waals surface area contributed by atoms with E-state index >= 15 is 0 Å². The highest BCUT2D eigenvalue weighted by molar-refractivity contribution is 5.66. The molecule has 1 heterocycles. The molecule has 0 unspecified atom stereocenters. The Balaban J connectivity index is 2.29. The van der Waals surface area contributed by atoms with Crippen molar-refractivity contribution in [1.82, 2.24) is 4.57 Å². The van der Waals surface area contributed by atoms with Gasteiger partial charge in [-0.1, -0.05) is 69.3 Å². The van der Waals surface area contributed by atoms with E-state index in [0.29, 0.717) is 0 Å². The van der Waals surface area contributed by atoms with Crippen LogP contribution < -0.4 is 0 Å². The first kappa shape index (κ1) is 14.6. The third-order valence-corrected chi connectivity index (χ3v) is 4.14. The monoisotopic (exact) mass is 289 g/mol. The van der Waals surface area contributed by atoms with Gasteiger partial charge in [0.1, 0.15) is 0 Å². The predicted molar refractivity (Wildman–Crippen MR) is 94.6 cm³/mol. The quantitative estimate of drug-likeness (QED) is 0.566. The van der Waals surface area contributed by atoms with Crippen LogP contribution in [0.25, 0.3) is 16.9 Å². The Morgan fingerprint density at radius 2 is 1.32 bits per heavy atom. The van der Waals surface area contributed by atoms with Crippen molar-refractivity contribution >= 4 is 0 Å². The lowest BCUT2D eigenvalue weighted by molar-refractivity contribution is 0.585. The van der Waals surface area contributed by atoms with E-state index < -0.39 is 0 Å². The van der Waals surface area contributed by atoms with Gasteiger partial charge in [0.05, 0.1) is 5.69 Å². The summed E-state index contributed by atoms with van der Waals surface area (Å²) in [6.07, 6.45) is 0. The molecule has 1 heteroatoms. The number of para-hydroxylation sites is 1. The second kappa shape index (κ2) is 5.49. The summed E-state index contributed by atoms with van der Waals surface area (Å²) in [6.45, 7) is 9.05. The Hall–Kier alpha value is -2.28. The van der Waals surface area contributed by atoms with Crippen molar-refractivity contribution < 1.29 is 0 Å². The van der Waals surface area contributed by atoms with Crippen LogP contribution >= 0.6 is 0 Å². The lowest BCUT2D eigenvalue weighted by Gasteiger charge is -2.19. The van der Waals surface area contributed by atoms with E-state index in [4.69, 9.17) is 0 Å². The molecule has 1 nitrogen and oxygen atoms in total. The van der Waals surface area contributed by atoms with Gasteiger partial charge < -0.3 is 4.57 Å². The Kier molecular flexibility index (Phi) is 3.66. The third-order valence-electron chi connectivity index (χ3n) is 4.14. The normalized spacial score (nSPS) is 11.6. The van der Waals surface area contributed by atoms with Crippen LogP contribution in [-0.4, -0.2) is 4.57 Å². The second-order valence-electron chi connectivity index (χ2n) is 6.82. The molecular weight excluding hydrogens is 266 g/mol. The molecule has 22 heavy (non-hydrogen) atoms. The molecule has 0 aliphatic rings. The van der Waals surface area contributed by atoms with Gasteiger partial charge in [-0.3, -0.25) is 0 Å². The lowest BCUT2D eigenvalue weighted by Crippen LogP contribution is -2.12. The number of aromatic nitrogens is 1. The van der Waals surface area contributed by atoms with Gasteiger partial charge in [0, 0.05) is 11.4 Å². The van der Waals surface area contributed by atoms with Crippen LogP contribution in [0.2, 0.25) is 0 Å². The van der Waals surface area contributed by atoms with Gasteiger partial charge in [0.25, 0.3) is 0 Å². The highest BCUT2D eigenvalue weighted by atomic mass is 15.0. The van der Waals surface area contributed by atoms with Gasteiger partial charge in [-0.05, 0) is 41.7 Å². The van der Waals surface area contributed by atoms with Crippen LogP contribution in [-0.2, 0) is 5.41 Å². The molecule has 0 fully saturated rings. The molecule has 0 aliphatic carbocycles.